The van der Waals surface area contributed by atoms with Gasteiger partial charge in [0, 0.05) is 36.7 Å². The number of benzene rings is 1. The van der Waals surface area contributed by atoms with Gasteiger partial charge < -0.3 is 9.88 Å². The number of amides is 1. The molecule has 0 fully saturated rings. The Balaban J connectivity index is 1.47. The van der Waals surface area contributed by atoms with Crippen molar-refractivity contribution in [3.63, 3.8) is 0 Å². The Kier molecular flexibility index (Phi) is 3.83. The number of nitrogens with zero attached hydrogens (tertiary/aromatic N) is 4. The van der Waals surface area contributed by atoms with Crippen LogP contribution in [0.4, 0.5) is 0 Å². The van der Waals surface area contributed by atoms with Crippen molar-refractivity contribution in [3.8, 4) is 11.3 Å². The number of hydrogen-bond donors (Lipinski definition) is 2. The van der Waals surface area contributed by atoms with Gasteiger partial charge in [0.2, 0.25) is 0 Å². The van der Waals surface area contributed by atoms with Crippen LogP contribution in [-0.2, 0) is 13.0 Å². The average molecular weight is 336 g/mol. The summed E-state index contributed by atoms with van der Waals surface area (Å²) < 4.78 is 2.12. The second kappa shape index (κ2) is 6.16. The van der Waals surface area contributed by atoms with Gasteiger partial charge >= 0.3 is 0 Å². The summed E-state index contributed by atoms with van der Waals surface area (Å²) >= 11 is 0. The molecule has 1 amide bonds. The molecule has 1 aliphatic heterocycles. The van der Waals surface area contributed by atoms with Crippen LogP contribution in [0.5, 0.6) is 0 Å². The Hall–Kier alpha value is -2.96. The summed E-state index contributed by atoms with van der Waals surface area (Å²) in [4.78, 5) is 12.7. The first-order chi connectivity index (χ1) is 12.1. The molecule has 1 unspecified atom stereocenters. The molecule has 0 bridgehead atoms. The van der Waals surface area contributed by atoms with E-state index in [1.54, 1.807) is 0 Å². The Morgan fingerprint density at radius 1 is 1.28 bits per heavy atom. The van der Waals surface area contributed by atoms with Crippen molar-refractivity contribution in [3.05, 3.63) is 53.2 Å². The summed E-state index contributed by atoms with van der Waals surface area (Å²) in [5.41, 5.74) is 3.00. The van der Waals surface area contributed by atoms with Crippen LogP contribution in [0.3, 0.4) is 0 Å². The van der Waals surface area contributed by atoms with Crippen LogP contribution in [0, 0.1) is 19.8 Å². The highest BCUT2D eigenvalue weighted by Crippen LogP contribution is 2.24. The Morgan fingerprint density at radius 2 is 2.08 bits per heavy atom. The van der Waals surface area contributed by atoms with Crippen LogP contribution in [0.15, 0.2) is 30.3 Å². The fraction of sp³-hybridized carbons (Fsp3) is 0.333. The highest BCUT2D eigenvalue weighted by molar-refractivity contribution is 6.01. The van der Waals surface area contributed by atoms with Gasteiger partial charge in [-0.2, -0.15) is 5.10 Å². The number of hydrogen-bond acceptors (Lipinski definition) is 4. The van der Waals surface area contributed by atoms with Crippen molar-refractivity contribution < 1.29 is 4.79 Å². The van der Waals surface area contributed by atoms with Crippen molar-refractivity contribution in [1.29, 1.82) is 0 Å². The molecule has 7 heteroatoms. The Morgan fingerprint density at radius 3 is 2.84 bits per heavy atom. The number of fused-ring (bicyclic) bond motifs is 1. The zero-order chi connectivity index (χ0) is 17.4. The van der Waals surface area contributed by atoms with E-state index in [0.29, 0.717) is 23.7 Å². The van der Waals surface area contributed by atoms with Crippen LogP contribution in [-0.4, -0.2) is 37.4 Å². The lowest BCUT2D eigenvalue weighted by Gasteiger charge is -2.11. The van der Waals surface area contributed by atoms with Crippen LogP contribution in [0.2, 0.25) is 0 Å². The summed E-state index contributed by atoms with van der Waals surface area (Å²) in [7, 11) is 0. The first-order valence-corrected chi connectivity index (χ1v) is 8.40. The highest BCUT2D eigenvalue weighted by Gasteiger charge is 2.26. The summed E-state index contributed by atoms with van der Waals surface area (Å²) in [6.45, 7) is 5.29. The summed E-state index contributed by atoms with van der Waals surface area (Å²) in [5, 5.41) is 18.6. The molecular formula is C18H20N6O. The van der Waals surface area contributed by atoms with Gasteiger partial charge in [0.1, 0.15) is 17.3 Å². The number of nitrogens with one attached hydrogen (secondary N) is 2. The van der Waals surface area contributed by atoms with E-state index in [1.807, 2.05) is 44.2 Å². The molecule has 25 heavy (non-hydrogen) atoms. The van der Waals surface area contributed by atoms with Gasteiger partial charge in [-0.05, 0) is 13.8 Å². The Bertz CT molecular complexity index is 911. The van der Waals surface area contributed by atoms with Crippen LogP contribution in [0.1, 0.15) is 27.7 Å². The van der Waals surface area contributed by atoms with Crippen LogP contribution >= 0.6 is 0 Å². The lowest BCUT2D eigenvalue weighted by atomic mass is 10.0. The largest absolute Gasteiger partial charge is 0.352 e. The molecule has 1 atom stereocenters. The number of carbonyl (C=O) groups is 1. The lowest BCUT2D eigenvalue weighted by molar-refractivity contribution is 0.0947. The molecule has 0 radical (unpaired) electrons. The fourth-order valence-electron chi connectivity index (χ4n) is 3.37. The maximum atomic E-state index is 12.7. The van der Waals surface area contributed by atoms with E-state index < -0.39 is 0 Å². The lowest BCUT2D eigenvalue weighted by Crippen LogP contribution is -2.30. The predicted octanol–water partition coefficient (Wildman–Crippen LogP) is 1.89. The van der Waals surface area contributed by atoms with Crippen molar-refractivity contribution in [1.82, 2.24) is 30.3 Å². The molecule has 2 aromatic heterocycles. The summed E-state index contributed by atoms with van der Waals surface area (Å²) in [5.74, 6) is 2.19. The molecule has 1 aliphatic rings. The molecule has 0 aliphatic carbocycles. The molecule has 2 N–H and O–H groups in total. The number of aryl methyl sites for hydroxylation is 2. The number of carbonyl (C=O) groups excluding carboxylic acids is 1. The smallest absolute Gasteiger partial charge is 0.255 e. The van der Waals surface area contributed by atoms with Crippen LogP contribution in [0.25, 0.3) is 11.3 Å². The first kappa shape index (κ1) is 15.6. The zero-order valence-corrected chi connectivity index (χ0v) is 14.3. The molecule has 0 saturated carbocycles. The van der Waals surface area contributed by atoms with E-state index in [-0.39, 0.29) is 5.91 Å². The van der Waals surface area contributed by atoms with E-state index in [2.05, 4.69) is 30.3 Å². The van der Waals surface area contributed by atoms with Gasteiger partial charge in [0.05, 0.1) is 5.56 Å². The molecule has 128 valence electrons. The van der Waals surface area contributed by atoms with Gasteiger partial charge in [-0.3, -0.25) is 9.89 Å². The number of H-pyrrole nitrogens is 1. The van der Waals surface area contributed by atoms with E-state index >= 15 is 0 Å². The molecular weight excluding hydrogens is 316 g/mol. The van der Waals surface area contributed by atoms with Crippen molar-refractivity contribution in [2.24, 2.45) is 5.92 Å². The third-order valence-corrected chi connectivity index (χ3v) is 4.70. The molecule has 7 nitrogen and oxygen atoms in total. The average Bonchev–Trinajstić information content (AvgIpc) is 3.30. The molecule has 4 rings (SSSR count). The third-order valence-electron chi connectivity index (χ3n) is 4.70. The molecule has 0 spiro atoms. The van der Waals surface area contributed by atoms with E-state index in [4.69, 9.17) is 0 Å². The third kappa shape index (κ3) is 2.82. The predicted molar refractivity (Wildman–Crippen MR) is 93.0 cm³/mol. The zero-order valence-electron chi connectivity index (χ0n) is 14.3. The van der Waals surface area contributed by atoms with E-state index in [9.17, 15) is 4.79 Å². The maximum absolute atomic E-state index is 12.7. The monoisotopic (exact) mass is 336 g/mol. The number of aromatic amines is 1. The normalized spacial score (nSPS) is 16.0. The van der Waals surface area contributed by atoms with Gasteiger partial charge in [0.25, 0.3) is 5.91 Å². The standard InChI is InChI=1S/C18H20N6O/c1-11-16(17(23-20-11)14-6-4-3-5-7-14)18(25)19-9-13-8-15-22-21-12(2)24(15)10-13/h3-7,13H,8-10H2,1-2H3,(H,19,25)(H,20,23). The minimum absolute atomic E-state index is 0.0931. The SMILES string of the molecule is Cc1[nH]nc(-c2ccccc2)c1C(=O)NCC1Cc2nnc(C)n2C1. The first-order valence-electron chi connectivity index (χ1n) is 8.40. The van der Waals surface area contributed by atoms with E-state index in [1.165, 1.54) is 0 Å². The van der Waals surface area contributed by atoms with Gasteiger partial charge in [-0.15, -0.1) is 10.2 Å². The minimum atomic E-state index is -0.0931. The molecule has 3 heterocycles. The number of rotatable bonds is 4. The minimum Gasteiger partial charge on any atom is -0.352 e. The second-order valence-electron chi connectivity index (χ2n) is 6.49. The second-order valence-corrected chi connectivity index (χ2v) is 6.49. The quantitative estimate of drug-likeness (QED) is 0.761. The maximum Gasteiger partial charge on any atom is 0.255 e. The van der Waals surface area contributed by atoms with Crippen molar-refractivity contribution in [2.45, 2.75) is 26.8 Å². The van der Waals surface area contributed by atoms with Crippen LogP contribution < -0.4 is 5.32 Å². The van der Waals surface area contributed by atoms with E-state index in [0.717, 1.165) is 35.9 Å². The molecule has 0 saturated heterocycles. The van der Waals surface area contributed by atoms with Crippen molar-refractivity contribution >= 4 is 5.91 Å². The summed E-state index contributed by atoms with van der Waals surface area (Å²) in [6.07, 6.45) is 0.844. The van der Waals surface area contributed by atoms with Gasteiger partial charge in [-0.1, -0.05) is 30.3 Å². The topological polar surface area (TPSA) is 88.5 Å². The highest BCUT2D eigenvalue weighted by atomic mass is 16.1. The van der Waals surface area contributed by atoms with Gasteiger partial charge in [0.15, 0.2) is 0 Å². The fourth-order valence-corrected chi connectivity index (χ4v) is 3.37. The molecule has 1 aromatic carbocycles. The molecule has 3 aromatic rings. The number of aromatic nitrogens is 5. The summed E-state index contributed by atoms with van der Waals surface area (Å²) in [6, 6.07) is 9.74. The van der Waals surface area contributed by atoms with Gasteiger partial charge in [-0.25, -0.2) is 0 Å². The Labute approximate surface area is 145 Å². The van der Waals surface area contributed by atoms with Crippen molar-refractivity contribution in [2.75, 3.05) is 6.54 Å².